The van der Waals surface area contributed by atoms with E-state index >= 15 is 0 Å². The molecule has 5 rings (SSSR count). The van der Waals surface area contributed by atoms with Crippen molar-refractivity contribution < 1.29 is 9.32 Å². The van der Waals surface area contributed by atoms with E-state index in [-0.39, 0.29) is 24.3 Å². The lowest BCUT2D eigenvalue weighted by atomic mass is 9.96. The first-order chi connectivity index (χ1) is 16.7. The van der Waals surface area contributed by atoms with Crippen molar-refractivity contribution in [1.29, 1.82) is 0 Å². The quantitative estimate of drug-likeness (QED) is 0.439. The van der Waals surface area contributed by atoms with E-state index in [0.29, 0.717) is 18.8 Å². The molecule has 3 heterocycles. The molecule has 0 bridgehead atoms. The van der Waals surface area contributed by atoms with Crippen molar-refractivity contribution in [3.05, 3.63) is 101 Å². The monoisotopic (exact) mass is 456 g/mol. The molecule has 34 heavy (non-hydrogen) atoms. The molecule has 4 aromatic rings. The molecule has 0 aliphatic carbocycles. The molecule has 1 amide bonds. The number of hydrogen-bond acceptors (Lipinski definition) is 7. The predicted molar refractivity (Wildman–Crippen MR) is 125 cm³/mol. The van der Waals surface area contributed by atoms with Crippen LogP contribution in [0.25, 0.3) is 11.5 Å². The Morgan fingerprint density at radius 1 is 0.912 bits per heavy atom. The Morgan fingerprint density at radius 3 is 2.15 bits per heavy atom. The third-order valence-electron chi connectivity index (χ3n) is 6.03. The van der Waals surface area contributed by atoms with Gasteiger partial charge >= 0.3 is 5.76 Å². The molecule has 0 atom stereocenters. The Labute approximate surface area is 196 Å². The molecular weight excluding hydrogens is 432 g/mol. The largest absolute Gasteiger partial charge is 0.442 e. The number of rotatable bonds is 6. The Bertz CT molecular complexity index is 1240. The second-order valence-electron chi connectivity index (χ2n) is 8.09. The third-order valence-corrected chi connectivity index (χ3v) is 6.03. The van der Waals surface area contributed by atoms with Gasteiger partial charge < -0.3 is 4.90 Å². The van der Waals surface area contributed by atoms with Crippen LogP contribution in [0.15, 0.2) is 88.6 Å². The number of carbonyl (C=O) groups excluding carboxylic acids is 1. The Hall–Kier alpha value is -4.11. The van der Waals surface area contributed by atoms with E-state index in [1.807, 2.05) is 12.1 Å². The summed E-state index contributed by atoms with van der Waals surface area (Å²) in [6.07, 6.45) is 4.49. The lowest BCUT2D eigenvalue weighted by Crippen LogP contribution is -2.50. The molecule has 1 fully saturated rings. The van der Waals surface area contributed by atoms with Crippen LogP contribution in [0.3, 0.4) is 0 Å². The van der Waals surface area contributed by atoms with Gasteiger partial charge in [0.15, 0.2) is 0 Å². The molecule has 1 saturated heterocycles. The maximum atomic E-state index is 13.1. The van der Waals surface area contributed by atoms with Gasteiger partial charge in [0.1, 0.15) is 12.2 Å². The molecular formula is C25H24N6O3. The Balaban J connectivity index is 1.30. The highest BCUT2D eigenvalue weighted by Crippen LogP contribution is 2.29. The van der Waals surface area contributed by atoms with E-state index in [0.717, 1.165) is 13.1 Å². The summed E-state index contributed by atoms with van der Waals surface area (Å²) in [5.41, 5.74) is 2.82. The highest BCUT2D eigenvalue weighted by atomic mass is 16.5. The number of nitrogens with zero attached hydrogens (tertiary/aromatic N) is 6. The van der Waals surface area contributed by atoms with Crippen molar-refractivity contribution in [2.24, 2.45) is 0 Å². The number of carbonyl (C=O) groups is 1. The van der Waals surface area contributed by atoms with Crippen molar-refractivity contribution >= 4 is 5.91 Å². The second-order valence-corrected chi connectivity index (χ2v) is 8.09. The number of hydrogen-bond donors (Lipinski definition) is 0. The van der Waals surface area contributed by atoms with Crippen molar-refractivity contribution in [2.75, 3.05) is 26.2 Å². The molecule has 0 unspecified atom stereocenters. The third kappa shape index (κ3) is 4.51. The van der Waals surface area contributed by atoms with Gasteiger partial charge in [-0.3, -0.25) is 19.2 Å². The van der Waals surface area contributed by atoms with Crippen LogP contribution in [-0.2, 0) is 11.3 Å². The summed E-state index contributed by atoms with van der Waals surface area (Å²) in [6, 6.07) is 20.9. The molecule has 0 N–H and O–H groups in total. The van der Waals surface area contributed by atoms with Gasteiger partial charge in [-0.2, -0.15) is 0 Å². The van der Waals surface area contributed by atoms with Crippen molar-refractivity contribution in [3.8, 4) is 11.5 Å². The average molecular weight is 457 g/mol. The van der Waals surface area contributed by atoms with E-state index < -0.39 is 5.76 Å². The van der Waals surface area contributed by atoms with Crippen LogP contribution in [-0.4, -0.2) is 61.6 Å². The summed E-state index contributed by atoms with van der Waals surface area (Å²) in [4.78, 5) is 37.6. The van der Waals surface area contributed by atoms with E-state index in [1.54, 1.807) is 4.90 Å². The van der Waals surface area contributed by atoms with Gasteiger partial charge in [-0.25, -0.2) is 14.3 Å². The summed E-state index contributed by atoms with van der Waals surface area (Å²) >= 11 is 0. The number of amides is 1. The molecule has 0 spiro atoms. The number of aromatic nitrogens is 4. The standard InChI is InChI=1S/C25H24N6O3/c32-22(18-31-24(28-34-25(31)33)21-17-26-11-12-27-21)29-13-15-30(16-14-29)23(19-7-3-1-4-8-19)20-9-5-2-6-10-20/h1-12,17,23H,13-16,18H2. The van der Waals surface area contributed by atoms with Gasteiger partial charge in [-0.1, -0.05) is 65.8 Å². The first-order valence-electron chi connectivity index (χ1n) is 11.2. The second kappa shape index (κ2) is 9.80. The maximum absolute atomic E-state index is 13.1. The topological polar surface area (TPSA) is 97.4 Å². The van der Waals surface area contributed by atoms with Crippen molar-refractivity contribution in [2.45, 2.75) is 12.6 Å². The van der Waals surface area contributed by atoms with Crippen LogP contribution >= 0.6 is 0 Å². The Morgan fingerprint density at radius 2 is 1.56 bits per heavy atom. The summed E-state index contributed by atoms with van der Waals surface area (Å²) in [5.74, 6) is -0.662. The normalized spacial score (nSPS) is 14.4. The molecule has 172 valence electrons. The van der Waals surface area contributed by atoms with Crippen LogP contribution in [0.4, 0.5) is 0 Å². The molecule has 2 aromatic carbocycles. The lowest BCUT2D eigenvalue weighted by Gasteiger charge is -2.39. The minimum atomic E-state index is -0.694. The van der Waals surface area contributed by atoms with Crippen LogP contribution in [0.1, 0.15) is 17.2 Å². The molecule has 1 aliphatic rings. The van der Waals surface area contributed by atoms with Gasteiger partial charge in [0.2, 0.25) is 11.7 Å². The summed E-state index contributed by atoms with van der Waals surface area (Å²) in [5, 5.41) is 3.78. The van der Waals surface area contributed by atoms with Crippen molar-refractivity contribution in [3.63, 3.8) is 0 Å². The van der Waals surface area contributed by atoms with Gasteiger partial charge in [0, 0.05) is 38.6 Å². The molecule has 1 aliphatic heterocycles. The number of piperazine rings is 1. The summed E-state index contributed by atoms with van der Waals surface area (Å²) in [7, 11) is 0. The Kier molecular flexibility index (Phi) is 6.26. The summed E-state index contributed by atoms with van der Waals surface area (Å²) in [6.45, 7) is 2.41. The van der Waals surface area contributed by atoms with Crippen LogP contribution in [0, 0.1) is 0 Å². The molecule has 2 aromatic heterocycles. The SMILES string of the molecule is O=C(Cn1c(-c2cnccn2)noc1=O)N1CCN(C(c2ccccc2)c2ccccc2)CC1. The van der Waals surface area contributed by atoms with E-state index in [1.165, 1.54) is 34.3 Å². The van der Waals surface area contributed by atoms with Gasteiger partial charge in [0.25, 0.3) is 0 Å². The van der Waals surface area contributed by atoms with Gasteiger partial charge in [0.05, 0.1) is 12.2 Å². The first-order valence-corrected chi connectivity index (χ1v) is 11.2. The molecule has 9 nitrogen and oxygen atoms in total. The predicted octanol–water partition coefficient (Wildman–Crippen LogP) is 2.23. The van der Waals surface area contributed by atoms with E-state index in [9.17, 15) is 9.59 Å². The zero-order valence-electron chi connectivity index (χ0n) is 18.5. The number of benzene rings is 2. The first kappa shape index (κ1) is 21.7. The highest BCUT2D eigenvalue weighted by molar-refractivity contribution is 5.76. The fourth-order valence-electron chi connectivity index (χ4n) is 4.36. The average Bonchev–Trinajstić information content (AvgIpc) is 3.26. The van der Waals surface area contributed by atoms with Gasteiger partial charge in [-0.05, 0) is 11.1 Å². The van der Waals surface area contributed by atoms with Crippen molar-refractivity contribution in [1.82, 2.24) is 29.5 Å². The minimum absolute atomic E-state index is 0.114. The van der Waals surface area contributed by atoms with E-state index in [2.05, 4.69) is 68.6 Å². The fourth-order valence-corrected chi connectivity index (χ4v) is 4.36. The maximum Gasteiger partial charge on any atom is 0.442 e. The smallest absolute Gasteiger partial charge is 0.339 e. The van der Waals surface area contributed by atoms with Crippen LogP contribution in [0.2, 0.25) is 0 Å². The zero-order valence-corrected chi connectivity index (χ0v) is 18.5. The minimum Gasteiger partial charge on any atom is -0.339 e. The lowest BCUT2D eigenvalue weighted by molar-refractivity contribution is -0.133. The van der Waals surface area contributed by atoms with Crippen LogP contribution in [0.5, 0.6) is 0 Å². The molecule has 9 heteroatoms. The molecule has 0 saturated carbocycles. The van der Waals surface area contributed by atoms with Crippen LogP contribution < -0.4 is 5.76 Å². The summed E-state index contributed by atoms with van der Waals surface area (Å²) < 4.78 is 6.00. The molecule has 0 radical (unpaired) electrons. The zero-order chi connectivity index (χ0) is 23.3. The highest BCUT2D eigenvalue weighted by Gasteiger charge is 2.29. The van der Waals surface area contributed by atoms with E-state index in [4.69, 9.17) is 4.52 Å². The van der Waals surface area contributed by atoms with Gasteiger partial charge in [-0.15, -0.1) is 0 Å². The fraction of sp³-hybridized carbons (Fsp3) is 0.240.